The quantitative estimate of drug-likeness (QED) is 0.490. The van der Waals surface area contributed by atoms with Gasteiger partial charge in [-0.2, -0.15) is 26.3 Å². The normalized spacial score (nSPS) is 20.7. The Kier molecular flexibility index (Phi) is 7.96. The number of benzene rings is 1. The predicted molar refractivity (Wildman–Crippen MR) is 105 cm³/mol. The molecule has 2 heterocycles. The Balaban J connectivity index is 1.75. The number of anilines is 1. The monoisotopic (exact) mass is 485 g/mol. The van der Waals surface area contributed by atoms with Crippen molar-refractivity contribution in [2.45, 2.75) is 31.0 Å². The number of alkyl halides is 6. The summed E-state index contributed by atoms with van der Waals surface area (Å²) in [6, 6.07) is 4.10. The van der Waals surface area contributed by atoms with Gasteiger partial charge in [0, 0.05) is 56.6 Å². The van der Waals surface area contributed by atoms with Crippen LogP contribution < -0.4 is 15.0 Å². The first-order chi connectivity index (χ1) is 15.5. The van der Waals surface area contributed by atoms with E-state index in [0.717, 1.165) is 5.69 Å². The van der Waals surface area contributed by atoms with Crippen molar-refractivity contribution in [3.8, 4) is 5.75 Å². The number of rotatable bonds is 6. The average molecular weight is 485 g/mol. The van der Waals surface area contributed by atoms with Gasteiger partial charge in [0.1, 0.15) is 11.8 Å². The van der Waals surface area contributed by atoms with E-state index in [2.05, 4.69) is 15.0 Å². The highest BCUT2D eigenvalue weighted by Gasteiger charge is 2.60. The van der Waals surface area contributed by atoms with E-state index in [1.54, 1.807) is 12.1 Å². The molecule has 2 saturated heterocycles. The molecule has 2 aliphatic heterocycles. The summed E-state index contributed by atoms with van der Waals surface area (Å²) in [7, 11) is 1.46. The summed E-state index contributed by atoms with van der Waals surface area (Å²) >= 11 is 0. The van der Waals surface area contributed by atoms with Gasteiger partial charge in [0.15, 0.2) is 0 Å². The lowest BCUT2D eigenvalue weighted by Crippen LogP contribution is -2.57. The third kappa shape index (κ3) is 6.42. The second-order valence-corrected chi connectivity index (χ2v) is 7.69. The number of nitrogens with zero attached hydrogens (tertiary/aromatic N) is 2. The predicted octanol–water partition coefficient (Wildman–Crippen LogP) is 2.34. The topological polar surface area (TPSA) is 63.3 Å². The number of morpholine rings is 1. The maximum absolute atomic E-state index is 12.8. The molecule has 2 fully saturated rings. The van der Waals surface area contributed by atoms with Gasteiger partial charge in [-0.25, -0.2) is 0 Å². The van der Waals surface area contributed by atoms with E-state index >= 15 is 0 Å². The third-order valence-electron chi connectivity index (χ3n) is 5.48. The molecule has 7 nitrogen and oxygen atoms in total. The highest BCUT2D eigenvalue weighted by atomic mass is 19.4. The van der Waals surface area contributed by atoms with Gasteiger partial charge in [0.2, 0.25) is 0 Å². The van der Waals surface area contributed by atoms with Gasteiger partial charge in [-0.1, -0.05) is 6.07 Å². The fourth-order valence-corrected chi connectivity index (χ4v) is 3.78. The second-order valence-electron chi connectivity index (χ2n) is 7.69. The van der Waals surface area contributed by atoms with Gasteiger partial charge in [-0.15, -0.1) is 0 Å². The lowest BCUT2D eigenvalue weighted by Gasteiger charge is -2.36. The minimum atomic E-state index is -5.76. The summed E-state index contributed by atoms with van der Waals surface area (Å²) in [4.78, 5) is 16.0. The van der Waals surface area contributed by atoms with Gasteiger partial charge in [0.25, 0.3) is 6.10 Å². The van der Waals surface area contributed by atoms with Crippen molar-refractivity contribution < 1.29 is 45.3 Å². The molecule has 1 aromatic carbocycles. The highest BCUT2D eigenvalue weighted by Crippen LogP contribution is 2.36. The number of methoxy groups -OCH3 is 1. The van der Waals surface area contributed by atoms with Crippen LogP contribution in [0.3, 0.4) is 0 Å². The number of ether oxygens (including phenoxy) is 3. The van der Waals surface area contributed by atoms with Crippen molar-refractivity contribution in [1.82, 2.24) is 10.2 Å². The molecular formula is C20H25F6N3O4. The van der Waals surface area contributed by atoms with Crippen LogP contribution in [0, 0.1) is 0 Å². The van der Waals surface area contributed by atoms with E-state index in [-0.39, 0.29) is 19.6 Å². The standard InChI is InChI=1S/C20H25F6N3O4/c1-31-16-10-14(28-6-8-32-9-7-28)3-2-13(16)12-29-5-4-27-11-15(29)17(30)33-18(19(21,22)23)20(24,25)26/h2-3,10,15,18,27H,4-9,11-12H2,1H3. The van der Waals surface area contributed by atoms with Crippen LogP contribution in [0.25, 0.3) is 0 Å². The van der Waals surface area contributed by atoms with Crippen LogP contribution in [0.1, 0.15) is 5.56 Å². The largest absolute Gasteiger partial charge is 0.496 e. The van der Waals surface area contributed by atoms with Gasteiger partial charge in [-0.05, 0) is 6.07 Å². The molecule has 1 N–H and O–H groups in total. The first-order valence-electron chi connectivity index (χ1n) is 10.3. The van der Waals surface area contributed by atoms with Crippen molar-refractivity contribution >= 4 is 11.7 Å². The van der Waals surface area contributed by atoms with Crippen LogP contribution in [0.4, 0.5) is 32.0 Å². The second kappa shape index (κ2) is 10.3. The van der Waals surface area contributed by atoms with E-state index in [1.807, 2.05) is 6.07 Å². The van der Waals surface area contributed by atoms with Crippen molar-refractivity contribution in [3.05, 3.63) is 23.8 Å². The van der Waals surface area contributed by atoms with E-state index in [1.165, 1.54) is 12.0 Å². The number of halogens is 6. The minimum Gasteiger partial charge on any atom is -0.496 e. The summed E-state index contributed by atoms with van der Waals surface area (Å²) < 4.78 is 91.6. The Labute approximate surface area is 186 Å². The van der Waals surface area contributed by atoms with Crippen LogP contribution in [-0.4, -0.2) is 88.4 Å². The van der Waals surface area contributed by atoms with Crippen LogP contribution in [0.2, 0.25) is 0 Å². The Hall–Kier alpha value is -2.25. The van der Waals surface area contributed by atoms with Crippen LogP contribution in [0.5, 0.6) is 5.75 Å². The molecule has 33 heavy (non-hydrogen) atoms. The number of nitrogens with one attached hydrogen (secondary N) is 1. The van der Waals surface area contributed by atoms with E-state index < -0.39 is 30.5 Å². The van der Waals surface area contributed by atoms with Gasteiger partial charge < -0.3 is 24.4 Å². The Morgan fingerprint density at radius 1 is 1.15 bits per heavy atom. The molecule has 0 radical (unpaired) electrons. The molecule has 0 amide bonds. The van der Waals surface area contributed by atoms with Crippen LogP contribution >= 0.6 is 0 Å². The number of carbonyl (C=O) groups is 1. The van der Waals surface area contributed by atoms with E-state index in [0.29, 0.717) is 44.2 Å². The number of esters is 1. The van der Waals surface area contributed by atoms with E-state index in [9.17, 15) is 31.1 Å². The zero-order chi connectivity index (χ0) is 24.2. The highest BCUT2D eigenvalue weighted by molar-refractivity contribution is 5.76. The maximum atomic E-state index is 12.8. The zero-order valence-electron chi connectivity index (χ0n) is 17.8. The lowest BCUT2D eigenvalue weighted by molar-refractivity contribution is -0.314. The molecule has 1 atom stereocenters. The first kappa shape index (κ1) is 25.4. The molecule has 0 bridgehead atoms. The molecule has 0 saturated carbocycles. The van der Waals surface area contributed by atoms with Gasteiger partial charge >= 0.3 is 18.3 Å². The Morgan fingerprint density at radius 3 is 2.42 bits per heavy atom. The summed E-state index contributed by atoms with van der Waals surface area (Å²) in [5.41, 5.74) is 1.53. The lowest BCUT2D eigenvalue weighted by atomic mass is 10.1. The van der Waals surface area contributed by atoms with Crippen LogP contribution in [0.15, 0.2) is 18.2 Å². The Bertz CT molecular complexity index is 800. The maximum Gasteiger partial charge on any atom is 0.434 e. The number of hydrogen-bond donors (Lipinski definition) is 1. The Morgan fingerprint density at radius 2 is 1.82 bits per heavy atom. The van der Waals surface area contributed by atoms with Gasteiger partial charge in [0.05, 0.1) is 20.3 Å². The minimum absolute atomic E-state index is 0.0801. The molecule has 0 spiro atoms. The number of carbonyl (C=O) groups excluding carboxylic acids is 1. The molecule has 186 valence electrons. The van der Waals surface area contributed by atoms with Crippen molar-refractivity contribution in [3.63, 3.8) is 0 Å². The fourth-order valence-electron chi connectivity index (χ4n) is 3.78. The molecular weight excluding hydrogens is 460 g/mol. The van der Waals surface area contributed by atoms with Crippen molar-refractivity contribution in [2.24, 2.45) is 0 Å². The smallest absolute Gasteiger partial charge is 0.434 e. The zero-order valence-corrected chi connectivity index (χ0v) is 17.8. The molecule has 13 heteroatoms. The molecule has 1 unspecified atom stereocenters. The number of hydrogen-bond acceptors (Lipinski definition) is 7. The molecule has 3 rings (SSSR count). The van der Waals surface area contributed by atoms with Crippen molar-refractivity contribution in [1.29, 1.82) is 0 Å². The van der Waals surface area contributed by atoms with E-state index in [4.69, 9.17) is 9.47 Å². The number of piperazine rings is 1. The summed E-state index contributed by atoms with van der Waals surface area (Å²) in [6.07, 6.45) is -15.7. The SMILES string of the molecule is COc1cc(N2CCOCC2)ccc1CN1CCNCC1C(=O)OC(C(F)(F)F)C(F)(F)F. The summed E-state index contributed by atoms with van der Waals surface area (Å²) in [5, 5.41) is 2.81. The van der Waals surface area contributed by atoms with Crippen molar-refractivity contribution in [2.75, 3.05) is 57.9 Å². The summed E-state index contributed by atoms with van der Waals surface area (Å²) in [6.45, 7) is 3.14. The molecule has 2 aliphatic rings. The summed E-state index contributed by atoms with van der Waals surface area (Å²) in [5.74, 6) is -1.10. The molecule has 1 aromatic rings. The fraction of sp³-hybridized carbons (Fsp3) is 0.650. The average Bonchev–Trinajstić information content (AvgIpc) is 2.77. The molecule has 0 aromatic heterocycles. The van der Waals surface area contributed by atoms with Crippen LogP contribution in [-0.2, 0) is 20.8 Å². The van der Waals surface area contributed by atoms with Gasteiger partial charge in [-0.3, -0.25) is 9.69 Å². The molecule has 0 aliphatic carbocycles. The third-order valence-corrected chi connectivity index (χ3v) is 5.48. The first-order valence-corrected chi connectivity index (χ1v) is 10.3.